The quantitative estimate of drug-likeness (QED) is 0.775. The van der Waals surface area contributed by atoms with Crippen molar-refractivity contribution in [2.75, 3.05) is 13.1 Å². The fraction of sp³-hybridized carbons (Fsp3) is 0.533. The minimum Gasteiger partial charge on any atom is -0.444 e. The Bertz CT molecular complexity index is 496. The van der Waals surface area contributed by atoms with Gasteiger partial charge >= 0.3 is 6.09 Å². The number of ether oxygens (including phenoxy) is 1. The number of amides is 1. The van der Waals surface area contributed by atoms with E-state index >= 15 is 0 Å². The van der Waals surface area contributed by atoms with Crippen molar-refractivity contribution in [3.8, 4) is 0 Å². The van der Waals surface area contributed by atoms with Crippen molar-refractivity contribution in [3.63, 3.8) is 0 Å². The van der Waals surface area contributed by atoms with Crippen LogP contribution in [0.5, 0.6) is 0 Å². The van der Waals surface area contributed by atoms with E-state index in [1.807, 2.05) is 20.8 Å². The Morgan fingerprint density at radius 1 is 1.42 bits per heavy atom. The molecule has 0 spiro atoms. The minimum atomic E-state index is -0.425. The van der Waals surface area contributed by atoms with E-state index in [9.17, 15) is 4.79 Å². The first kappa shape index (κ1) is 14.1. The SMILES string of the molecule is Cc1cc(C2=CCN(C(=O)OC(C)(C)C)CC2)cs1. The van der Waals surface area contributed by atoms with Crippen LogP contribution in [0.1, 0.15) is 37.6 Å². The standard InChI is InChI=1S/C15H21NO2S/c1-11-9-13(10-19-11)12-5-7-16(8-6-12)14(17)18-15(2,3)4/h5,9-10H,6-8H2,1-4H3. The summed E-state index contributed by atoms with van der Waals surface area (Å²) in [5.74, 6) is 0. The van der Waals surface area contributed by atoms with E-state index in [1.165, 1.54) is 16.0 Å². The second-order valence-electron chi connectivity index (χ2n) is 5.85. The van der Waals surface area contributed by atoms with Gasteiger partial charge in [0.15, 0.2) is 0 Å². The fourth-order valence-corrected chi connectivity index (χ4v) is 2.76. The van der Waals surface area contributed by atoms with Crippen LogP contribution < -0.4 is 0 Å². The first-order valence-electron chi connectivity index (χ1n) is 6.57. The molecule has 2 heterocycles. The van der Waals surface area contributed by atoms with Crippen molar-refractivity contribution in [2.45, 2.75) is 39.7 Å². The third-order valence-corrected chi connectivity index (χ3v) is 3.82. The maximum atomic E-state index is 11.9. The Kier molecular flexibility index (Phi) is 3.99. The molecule has 0 saturated heterocycles. The molecule has 0 atom stereocenters. The summed E-state index contributed by atoms with van der Waals surface area (Å²) in [6, 6.07) is 2.21. The summed E-state index contributed by atoms with van der Waals surface area (Å²) in [7, 11) is 0. The Morgan fingerprint density at radius 3 is 2.63 bits per heavy atom. The molecule has 3 nitrogen and oxygen atoms in total. The Labute approximate surface area is 118 Å². The van der Waals surface area contributed by atoms with Crippen molar-refractivity contribution in [2.24, 2.45) is 0 Å². The summed E-state index contributed by atoms with van der Waals surface area (Å²) in [5, 5.41) is 2.18. The van der Waals surface area contributed by atoms with E-state index in [0.717, 1.165) is 13.0 Å². The molecule has 0 fully saturated rings. The molecule has 4 heteroatoms. The fourth-order valence-electron chi connectivity index (χ4n) is 2.04. The van der Waals surface area contributed by atoms with Gasteiger partial charge in [0.2, 0.25) is 0 Å². The Hall–Kier alpha value is -1.29. The van der Waals surface area contributed by atoms with Crippen LogP contribution in [0.3, 0.4) is 0 Å². The van der Waals surface area contributed by atoms with Gasteiger partial charge in [-0.2, -0.15) is 0 Å². The van der Waals surface area contributed by atoms with Gasteiger partial charge in [-0.3, -0.25) is 0 Å². The molecule has 0 N–H and O–H groups in total. The van der Waals surface area contributed by atoms with E-state index in [1.54, 1.807) is 16.2 Å². The lowest BCUT2D eigenvalue weighted by atomic mass is 10.0. The monoisotopic (exact) mass is 279 g/mol. The summed E-state index contributed by atoms with van der Waals surface area (Å²) in [6.07, 6.45) is 2.81. The van der Waals surface area contributed by atoms with Gasteiger partial charge < -0.3 is 9.64 Å². The van der Waals surface area contributed by atoms with Crippen LogP contribution >= 0.6 is 11.3 Å². The van der Waals surface area contributed by atoms with E-state index in [4.69, 9.17) is 4.74 Å². The summed E-state index contributed by atoms with van der Waals surface area (Å²) in [6.45, 7) is 9.16. The molecule has 0 aromatic carbocycles. The molecule has 1 amide bonds. The highest BCUT2D eigenvalue weighted by Crippen LogP contribution is 2.26. The second kappa shape index (κ2) is 5.37. The zero-order valence-corrected chi connectivity index (χ0v) is 12.8. The maximum Gasteiger partial charge on any atom is 0.410 e. The van der Waals surface area contributed by atoms with Gasteiger partial charge in [0.1, 0.15) is 5.60 Å². The van der Waals surface area contributed by atoms with Gasteiger partial charge in [0, 0.05) is 18.0 Å². The normalized spacial score (nSPS) is 16.2. The molecule has 1 aliphatic rings. The molecule has 1 aliphatic heterocycles. The zero-order chi connectivity index (χ0) is 14.0. The van der Waals surface area contributed by atoms with Crippen LogP contribution in [-0.2, 0) is 4.74 Å². The smallest absolute Gasteiger partial charge is 0.410 e. The third kappa shape index (κ3) is 3.83. The Morgan fingerprint density at radius 2 is 2.16 bits per heavy atom. The highest BCUT2D eigenvalue weighted by Gasteiger charge is 2.23. The summed E-state index contributed by atoms with van der Waals surface area (Å²) < 4.78 is 5.38. The summed E-state index contributed by atoms with van der Waals surface area (Å²) in [4.78, 5) is 15.0. The van der Waals surface area contributed by atoms with Gasteiger partial charge in [-0.1, -0.05) is 6.08 Å². The van der Waals surface area contributed by atoms with E-state index in [0.29, 0.717) is 6.54 Å². The average molecular weight is 279 g/mol. The minimum absolute atomic E-state index is 0.218. The van der Waals surface area contributed by atoms with Crippen molar-refractivity contribution in [1.82, 2.24) is 4.90 Å². The van der Waals surface area contributed by atoms with Gasteiger partial charge in [0.05, 0.1) is 0 Å². The number of carbonyl (C=O) groups excluding carboxylic acids is 1. The van der Waals surface area contributed by atoms with E-state index in [2.05, 4.69) is 24.4 Å². The number of carbonyl (C=O) groups is 1. The molecular formula is C15H21NO2S. The molecule has 1 aromatic heterocycles. The average Bonchev–Trinajstić information content (AvgIpc) is 2.74. The van der Waals surface area contributed by atoms with Crippen LogP contribution in [0, 0.1) is 6.92 Å². The van der Waals surface area contributed by atoms with Crippen LogP contribution in [0.4, 0.5) is 4.79 Å². The zero-order valence-electron chi connectivity index (χ0n) is 12.0. The van der Waals surface area contributed by atoms with Crippen LogP contribution in [-0.4, -0.2) is 29.7 Å². The van der Waals surface area contributed by atoms with Gasteiger partial charge in [-0.25, -0.2) is 4.79 Å². The molecule has 0 unspecified atom stereocenters. The molecule has 104 valence electrons. The van der Waals surface area contributed by atoms with Gasteiger partial charge in [0.25, 0.3) is 0 Å². The summed E-state index contributed by atoms with van der Waals surface area (Å²) in [5.41, 5.74) is 2.21. The highest BCUT2D eigenvalue weighted by molar-refractivity contribution is 7.10. The molecule has 2 rings (SSSR count). The van der Waals surface area contributed by atoms with Crippen LogP contribution in [0.2, 0.25) is 0 Å². The van der Waals surface area contributed by atoms with Crippen LogP contribution in [0.15, 0.2) is 17.5 Å². The number of nitrogens with zero attached hydrogens (tertiary/aromatic N) is 1. The predicted octanol–water partition coefficient (Wildman–Crippen LogP) is 4.08. The first-order chi connectivity index (χ1) is 8.85. The first-order valence-corrected chi connectivity index (χ1v) is 7.45. The number of hydrogen-bond acceptors (Lipinski definition) is 3. The van der Waals surface area contributed by atoms with E-state index < -0.39 is 5.60 Å². The lowest BCUT2D eigenvalue weighted by Gasteiger charge is -2.29. The topological polar surface area (TPSA) is 29.5 Å². The molecule has 0 radical (unpaired) electrons. The number of aryl methyl sites for hydroxylation is 1. The van der Waals surface area contributed by atoms with Crippen molar-refractivity contribution < 1.29 is 9.53 Å². The summed E-state index contributed by atoms with van der Waals surface area (Å²) >= 11 is 1.77. The molecule has 0 bridgehead atoms. The number of rotatable bonds is 1. The van der Waals surface area contributed by atoms with Crippen molar-refractivity contribution >= 4 is 23.0 Å². The van der Waals surface area contributed by atoms with Crippen molar-refractivity contribution in [3.05, 3.63) is 28.0 Å². The van der Waals surface area contributed by atoms with Crippen molar-refractivity contribution in [1.29, 1.82) is 0 Å². The highest BCUT2D eigenvalue weighted by atomic mass is 32.1. The third-order valence-electron chi connectivity index (χ3n) is 2.96. The molecule has 0 saturated carbocycles. The molecular weight excluding hydrogens is 258 g/mol. The largest absolute Gasteiger partial charge is 0.444 e. The van der Waals surface area contributed by atoms with Gasteiger partial charge in [-0.15, -0.1) is 11.3 Å². The number of thiophene rings is 1. The molecule has 0 aliphatic carbocycles. The Balaban J connectivity index is 1.98. The number of hydrogen-bond donors (Lipinski definition) is 0. The van der Waals surface area contributed by atoms with Crippen LogP contribution in [0.25, 0.3) is 5.57 Å². The van der Waals surface area contributed by atoms with Gasteiger partial charge in [-0.05, 0) is 56.7 Å². The van der Waals surface area contributed by atoms with E-state index in [-0.39, 0.29) is 6.09 Å². The molecule has 1 aromatic rings. The predicted molar refractivity (Wildman–Crippen MR) is 79.5 cm³/mol. The second-order valence-corrected chi connectivity index (χ2v) is 6.97. The lowest BCUT2D eigenvalue weighted by molar-refractivity contribution is 0.0270. The molecule has 19 heavy (non-hydrogen) atoms. The maximum absolute atomic E-state index is 11.9. The lowest BCUT2D eigenvalue weighted by Crippen LogP contribution is -2.39.